The Morgan fingerprint density at radius 2 is 2.06 bits per heavy atom. The van der Waals surface area contributed by atoms with Gasteiger partial charge in [-0.1, -0.05) is 0 Å². The van der Waals surface area contributed by atoms with Crippen LogP contribution in [0.3, 0.4) is 0 Å². The van der Waals surface area contributed by atoms with Crippen LogP contribution in [0.1, 0.15) is 16.9 Å². The number of aromatic carboxylic acids is 1. The van der Waals surface area contributed by atoms with Crippen LogP contribution < -0.4 is 10.0 Å². The van der Waals surface area contributed by atoms with Crippen LogP contribution >= 0.6 is 0 Å². The lowest BCUT2D eigenvalue weighted by molar-refractivity contribution is 0.0690. The number of aromatic nitrogens is 2. The number of hydrogen-bond acceptors (Lipinski definition) is 6. The van der Waals surface area contributed by atoms with Gasteiger partial charge in [0.15, 0.2) is 5.69 Å². The Bertz CT molecular complexity index is 500. The van der Waals surface area contributed by atoms with E-state index in [4.69, 9.17) is 5.11 Å². The fraction of sp³-hybridized carbons (Fsp3) is 0.444. The van der Waals surface area contributed by atoms with Crippen molar-refractivity contribution < 1.29 is 18.3 Å². The minimum Gasteiger partial charge on any atom is -0.476 e. The molecule has 0 aliphatic rings. The lowest BCUT2D eigenvalue weighted by Gasteiger charge is -2.05. The first-order valence-electron chi connectivity index (χ1n) is 5.12. The number of rotatable bonds is 7. The van der Waals surface area contributed by atoms with E-state index in [1.54, 1.807) is 0 Å². The maximum absolute atomic E-state index is 10.8. The molecule has 18 heavy (non-hydrogen) atoms. The minimum atomic E-state index is -3.16. The van der Waals surface area contributed by atoms with Crippen LogP contribution in [0, 0.1) is 0 Å². The molecular weight excluding hydrogens is 260 g/mol. The van der Waals surface area contributed by atoms with E-state index in [2.05, 4.69) is 20.0 Å². The van der Waals surface area contributed by atoms with Gasteiger partial charge < -0.3 is 10.4 Å². The predicted octanol–water partition coefficient (Wildman–Crippen LogP) is -0.474. The van der Waals surface area contributed by atoms with Crippen molar-refractivity contribution in [2.24, 2.45) is 0 Å². The summed E-state index contributed by atoms with van der Waals surface area (Å²) in [5.41, 5.74) is -0.126. The summed E-state index contributed by atoms with van der Waals surface area (Å²) in [6.07, 6.45) is 4.14. The molecule has 0 bridgehead atoms. The van der Waals surface area contributed by atoms with E-state index in [0.29, 0.717) is 25.3 Å². The molecule has 0 aliphatic heterocycles. The smallest absolute Gasteiger partial charge is 0.356 e. The topological polar surface area (TPSA) is 121 Å². The fourth-order valence-electron chi connectivity index (χ4n) is 1.09. The van der Waals surface area contributed by atoms with Gasteiger partial charge in [0.25, 0.3) is 0 Å². The second-order valence-electron chi connectivity index (χ2n) is 3.54. The number of sulfonamides is 1. The van der Waals surface area contributed by atoms with Gasteiger partial charge in [0.2, 0.25) is 10.0 Å². The molecule has 0 fully saturated rings. The highest BCUT2D eigenvalue weighted by atomic mass is 32.2. The van der Waals surface area contributed by atoms with Crippen LogP contribution in [0.2, 0.25) is 0 Å². The predicted molar refractivity (Wildman–Crippen MR) is 64.9 cm³/mol. The molecule has 0 unspecified atom stereocenters. The van der Waals surface area contributed by atoms with Crippen molar-refractivity contribution in [2.75, 3.05) is 24.7 Å². The van der Waals surface area contributed by atoms with Gasteiger partial charge in [0.1, 0.15) is 5.82 Å². The van der Waals surface area contributed by atoms with Crippen molar-refractivity contribution in [3.05, 3.63) is 18.1 Å². The second-order valence-corrected chi connectivity index (χ2v) is 5.37. The van der Waals surface area contributed by atoms with Crippen molar-refractivity contribution in [2.45, 2.75) is 6.42 Å². The summed E-state index contributed by atoms with van der Waals surface area (Å²) >= 11 is 0. The van der Waals surface area contributed by atoms with E-state index in [1.165, 1.54) is 6.20 Å². The third-order valence-corrected chi connectivity index (χ3v) is 2.62. The molecule has 1 heterocycles. The molecule has 0 spiro atoms. The molecule has 1 aromatic heterocycles. The molecule has 1 rings (SSSR count). The van der Waals surface area contributed by atoms with Gasteiger partial charge in [-0.3, -0.25) is 0 Å². The van der Waals surface area contributed by atoms with Crippen molar-refractivity contribution in [1.82, 2.24) is 14.7 Å². The van der Waals surface area contributed by atoms with Gasteiger partial charge in [-0.25, -0.2) is 27.9 Å². The average molecular weight is 274 g/mol. The summed E-state index contributed by atoms with van der Waals surface area (Å²) in [7, 11) is -3.16. The van der Waals surface area contributed by atoms with Crippen molar-refractivity contribution in [1.29, 1.82) is 0 Å². The number of carbonyl (C=O) groups is 1. The Hall–Kier alpha value is -1.74. The van der Waals surface area contributed by atoms with Gasteiger partial charge >= 0.3 is 5.97 Å². The quantitative estimate of drug-likeness (QED) is 0.574. The molecule has 0 radical (unpaired) electrons. The molecule has 8 nitrogen and oxygen atoms in total. The zero-order valence-corrected chi connectivity index (χ0v) is 10.6. The Morgan fingerprint density at radius 1 is 1.33 bits per heavy atom. The molecule has 0 aromatic carbocycles. The third-order valence-electron chi connectivity index (χ3n) is 1.89. The van der Waals surface area contributed by atoms with Crippen LogP contribution in [-0.2, 0) is 10.0 Å². The molecule has 0 aliphatic carbocycles. The second kappa shape index (κ2) is 6.26. The highest BCUT2D eigenvalue weighted by Gasteiger charge is 2.04. The van der Waals surface area contributed by atoms with E-state index < -0.39 is 16.0 Å². The largest absolute Gasteiger partial charge is 0.476 e. The molecular formula is C9H14N4O4S. The van der Waals surface area contributed by atoms with E-state index in [1.807, 2.05) is 0 Å². The molecule has 100 valence electrons. The summed E-state index contributed by atoms with van der Waals surface area (Å²) in [5.74, 6) is -0.689. The van der Waals surface area contributed by atoms with Crippen LogP contribution in [0.5, 0.6) is 0 Å². The Morgan fingerprint density at radius 3 is 2.56 bits per heavy atom. The van der Waals surface area contributed by atoms with Gasteiger partial charge in [0.05, 0.1) is 18.6 Å². The van der Waals surface area contributed by atoms with Crippen LogP contribution in [0.25, 0.3) is 0 Å². The van der Waals surface area contributed by atoms with Crippen molar-refractivity contribution in [3.8, 4) is 0 Å². The summed E-state index contributed by atoms with van der Waals surface area (Å²) in [6, 6.07) is 0. The first-order chi connectivity index (χ1) is 8.38. The third kappa shape index (κ3) is 5.55. The minimum absolute atomic E-state index is 0.126. The van der Waals surface area contributed by atoms with E-state index >= 15 is 0 Å². The normalized spacial score (nSPS) is 11.2. The zero-order chi connectivity index (χ0) is 13.6. The maximum atomic E-state index is 10.8. The lowest BCUT2D eigenvalue weighted by atomic mass is 10.4. The van der Waals surface area contributed by atoms with Crippen LogP contribution in [-0.4, -0.2) is 48.8 Å². The summed E-state index contributed by atoms with van der Waals surface area (Å²) < 4.78 is 23.9. The summed E-state index contributed by atoms with van der Waals surface area (Å²) in [5, 5.41) is 11.5. The van der Waals surface area contributed by atoms with Gasteiger partial charge in [-0.05, 0) is 6.42 Å². The Kier molecular flexibility index (Phi) is 4.98. The number of anilines is 1. The van der Waals surface area contributed by atoms with Gasteiger partial charge in [-0.15, -0.1) is 0 Å². The van der Waals surface area contributed by atoms with Crippen molar-refractivity contribution in [3.63, 3.8) is 0 Å². The summed E-state index contributed by atoms with van der Waals surface area (Å²) in [6.45, 7) is 0.829. The van der Waals surface area contributed by atoms with E-state index in [0.717, 1.165) is 12.5 Å². The summed E-state index contributed by atoms with van der Waals surface area (Å²) in [4.78, 5) is 18.1. The molecule has 0 amide bonds. The van der Waals surface area contributed by atoms with Crippen LogP contribution in [0.4, 0.5) is 5.82 Å². The van der Waals surface area contributed by atoms with Crippen LogP contribution in [0.15, 0.2) is 12.4 Å². The lowest BCUT2D eigenvalue weighted by Crippen LogP contribution is -2.24. The number of hydrogen-bond donors (Lipinski definition) is 3. The molecule has 0 atom stereocenters. The molecule has 1 aromatic rings. The monoisotopic (exact) mass is 274 g/mol. The first kappa shape index (κ1) is 14.3. The Balaban J connectivity index is 2.29. The fourth-order valence-corrected chi connectivity index (χ4v) is 1.61. The highest BCUT2D eigenvalue weighted by Crippen LogP contribution is 2.00. The average Bonchev–Trinajstić information content (AvgIpc) is 2.27. The van der Waals surface area contributed by atoms with Gasteiger partial charge in [-0.2, -0.15) is 0 Å². The molecule has 9 heteroatoms. The first-order valence-corrected chi connectivity index (χ1v) is 7.01. The van der Waals surface area contributed by atoms with E-state index in [-0.39, 0.29) is 5.69 Å². The zero-order valence-electron chi connectivity index (χ0n) is 9.75. The Labute approximate surface area is 105 Å². The number of nitrogens with one attached hydrogen (secondary N) is 2. The number of nitrogens with zero attached hydrogens (tertiary/aromatic N) is 2. The SMILES string of the molecule is CS(=O)(=O)NCCCNc1cnc(C(=O)O)cn1. The molecule has 0 saturated heterocycles. The molecule has 3 N–H and O–H groups in total. The van der Waals surface area contributed by atoms with E-state index in [9.17, 15) is 13.2 Å². The van der Waals surface area contributed by atoms with Gasteiger partial charge in [0, 0.05) is 13.1 Å². The maximum Gasteiger partial charge on any atom is 0.356 e. The highest BCUT2D eigenvalue weighted by molar-refractivity contribution is 7.88. The number of carboxylic acid groups (broad SMARTS) is 1. The number of carboxylic acids is 1. The standard InChI is InChI=1S/C9H14N4O4S/c1-18(16,17)13-4-2-3-10-8-6-11-7(5-12-8)9(14)15/h5-6,13H,2-4H2,1H3,(H,10,12)(H,14,15). The van der Waals surface area contributed by atoms with Crippen molar-refractivity contribution >= 4 is 21.8 Å². The molecule has 0 saturated carbocycles.